The van der Waals surface area contributed by atoms with E-state index in [0.29, 0.717) is 17.0 Å². The zero-order chi connectivity index (χ0) is 16.8. The van der Waals surface area contributed by atoms with Crippen LogP contribution in [0.3, 0.4) is 0 Å². The first kappa shape index (κ1) is 17.2. The van der Waals surface area contributed by atoms with Gasteiger partial charge in [0.2, 0.25) is 5.91 Å². The topological polar surface area (TPSA) is 74.8 Å². The fraction of sp³-hybridized carbons (Fsp3) is 0.500. The number of H-pyrrole nitrogens is 1. The van der Waals surface area contributed by atoms with Gasteiger partial charge in [0, 0.05) is 11.4 Å². The van der Waals surface area contributed by atoms with Gasteiger partial charge in [0.25, 0.3) is 5.56 Å². The van der Waals surface area contributed by atoms with Crippen LogP contribution in [0.15, 0.2) is 29.1 Å². The number of nitrogens with one attached hydrogen (secondary N) is 2. The van der Waals surface area contributed by atoms with Crippen molar-refractivity contribution >= 4 is 16.7 Å². The molecule has 2 aromatic rings. The first-order valence-electron chi connectivity index (χ1n) is 8.23. The normalized spacial score (nSPS) is 12.5. The van der Waals surface area contributed by atoms with E-state index in [4.69, 9.17) is 0 Å². The highest BCUT2D eigenvalue weighted by Gasteiger charge is 2.12. The molecule has 0 fully saturated rings. The largest absolute Gasteiger partial charge is 0.353 e. The van der Waals surface area contributed by atoms with Gasteiger partial charge in [-0.25, -0.2) is 5.10 Å². The Kier molecular flexibility index (Phi) is 5.90. The van der Waals surface area contributed by atoms with E-state index in [1.54, 1.807) is 12.1 Å². The molecule has 0 bridgehead atoms. The second-order valence-corrected chi connectivity index (χ2v) is 6.52. The molecule has 1 atom stereocenters. The van der Waals surface area contributed by atoms with Gasteiger partial charge in [-0.3, -0.25) is 9.59 Å². The van der Waals surface area contributed by atoms with E-state index in [1.807, 2.05) is 19.1 Å². The summed E-state index contributed by atoms with van der Waals surface area (Å²) in [6, 6.07) is 7.37. The Morgan fingerprint density at radius 3 is 2.57 bits per heavy atom. The Bertz CT molecular complexity index is 722. The van der Waals surface area contributed by atoms with Gasteiger partial charge in [-0.1, -0.05) is 44.9 Å². The van der Waals surface area contributed by atoms with E-state index in [1.165, 1.54) is 6.42 Å². The summed E-state index contributed by atoms with van der Waals surface area (Å²) in [4.78, 5) is 24.0. The minimum absolute atomic E-state index is 0.0632. The number of nitrogens with zero attached hydrogens (tertiary/aromatic N) is 1. The summed E-state index contributed by atoms with van der Waals surface area (Å²) in [6.07, 6.45) is 3.43. The van der Waals surface area contributed by atoms with Gasteiger partial charge in [-0.15, -0.1) is 0 Å². The predicted molar refractivity (Wildman–Crippen MR) is 92.4 cm³/mol. The molecule has 1 amide bonds. The molecule has 1 aromatic heterocycles. The number of amides is 1. The van der Waals surface area contributed by atoms with Crippen molar-refractivity contribution in [2.45, 2.75) is 52.5 Å². The lowest BCUT2D eigenvalue weighted by Crippen LogP contribution is -2.34. The van der Waals surface area contributed by atoms with Crippen molar-refractivity contribution in [2.75, 3.05) is 0 Å². The van der Waals surface area contributed by atoms with Gasteiger partial charge in [0.1, 0.15) is 0 Å². The summed E-state index contributed by atoms with van der Waals surface area (Å²) in [5.74, 6) is 0.626. The number of carbonyl (C=O) groups is 1. The van der Waals surface area contributed by atoms with Gasteiger partial charge in [-0.05, 0) is 25.3 Å². The minimum Gasteiger partial charge on any atom is -0.353 e. The van der Waals surface area contributed by atoms with Crippen LogP contribution in [0.5, 0.6) is 0 Å². The molecule has 1 heterocycles. The van der Waals surface area contributed by atoms with E-state index in [-0.39, 0.29) is 23.9 Å². The molecule has 0 radical (unpaired) electrons. The first-order chi connectivity index (χ1) is 11.0. The Hall–Kier alpha value is -2.17. The van der Waals surface area contributed by atoms with Crippen molar-refractivity contribution in [3.63, 3.8) is 0 Å². The third-order valence-corrected chi connectivity index (χ3v) is 3.93. The van der Waals surface area contributed by atoms with Crippen LogP contribution < -0.4 is 10.9 Å². The van der Waals surface area contributed by atoms with Crippen molar-refractivity contribution in [1.29, 1.82) is 0 Å². The fourth-order valence-electron chi connectivity index (χ4n) is 2.69. The van der Waals surface area contributed by atoms with Crippen LogP contribution >= 0.6 is 0 Å². The molecule has 0 aliphatic carbocycles. The molecular formula is C18H25N3O2. The van der Waals surface area contributed by atoms with Crippen LogP contribution in [0.2, 0.25) is 0 Å². The molecule has 0 aliphatic rings. The smallest absolute Gasteiger partial charge is 0.272 e. The average molecular weight is 315 g/mol. The summed E-state index contributed by atoms with van der Waals surface area (Å²) in [5.41, 5.74) is 0.374. The number of benzene rings is 1. The van der Waals surface area contributed by atoms with E-state index >= 15 is 0 Å². The Labute approximate surface area is 136 Å². The molecule has 0 spiro atoms. The monoisotopic (exact) mass is 315 g/mol. The molecule has 23 heavy (non-hydrogen) atoms. The van der Waals surface area contributed by atoms with Crippen LogP contribution in [0.1, 0.15) is 45.7 Å². The number of hydrogen-bond acceptors (Lipinski definition) is 3. The molecule has 0 saturated carbocycles. The fourth-order valence-corrected chi connectivity index (χ4v) is 2.69. The summed E-state index contributed by atoms with van der Waals surface area (Å²) in [7, 11) is 0. The first-order valence-corrected chi connectivity index (χ1v) is 8.23. The maximum absolute atomic E-state index is 12.2. The molecule has 1 aromatic carbocycles. The second kappa shape index (κ2) is 7.90. The number of hydrogen-bond donors (Lipinski definition) is 2. The van der Waals surface area contributed by atoms with Crippen LogP contribution in [-0.4, -0.2) is 22.1 Å². The number of carbonyl (C=O) groups excluding carboxylic acids is 1. The van der Waals surface area contributed by atoms with Crippen molar-refractivity contribution < 1.29 is 4.79 Å². The number of aromatic amines is 1. The zero-order valence-corrected chi connectivity index (χ0v) is 14.1. The van der Waals surface area contributed by atoms with Crippen molar-refractivity contribution in [3.8, 4) is 0 Å². The van der Waals surface area contributed by atoms with Gasteiger partial charge in [0.15, 0.2) is 0 Å². The van der Waals surface area contributed by atoms with Gasteiger partial charge in [0.05, 0.1) is 17.5 Å². The lowest BCUT2D eigenvalue weighted by atomic mass is 10.0. The molecule has 0 aliphatic heterocycles. The second-order valence-electron chi connectivity index (χ2n) is 6.52. The van der Waals surface area contributed by atoms with E-state index < -0.39 is 0 Å². The summed E-state index contributed by atoms with van der Waals surface area (Å²) in [6.45, 7) is 6.43. The van der Waals surface area contributed by atoms with E-state index in [9.17, 15) is 9.59 Å². The van der Waals surface area contributed by atoms with Crippen LogP contribution in [0.25, 0.3) is 10.8 Å². The van der Waals surface area contributed by atoms with Crippen molar-refractivity contribution in [3.05, 3.63) is 40.3 Å². The molecule has 1 unspecified atom stereocenters. The molecule has 5 heteroatoms. The zero-order valence-electron chi connectivity index (χ0n) is 14.1. The highest BCUT2D eigenvalue weighted by molar-refractivity contribution is 5.88. The lowest BCUT2D eigenvalue weighted by Gasteiger charge is -2.14. The van der Waals surface area contributed by atoms with Crippen LogP contribution in [-0.2, 0) is 11.2 Å². The maximum Gasteiger partial charge on any atom is 0.272 e. The number of aromatic nitrogens is 2. The van der Waals surface area contributed by atoms with E-state index in [2.05, 4.69) is 29.4 Å². The summed E-state index contributed by atoms with van der Waals surface area (Å²) >= 11 is 0. The predicted octanol–water partition coefficient (Wildman–Crippen LogP) is 2.80. The molecule has 5 nitrogen and oxygen atoms in total. The van der Waals surface area contributed by atoms with Crippen molar-refractivity contribution in [1.82, 2.24) is 15.5 Å². The molecular weight excluding hydrogens is 290 g/mol. The highest BCUT2D eigenvalue weighted by Crippen LogP contribution is 2.13. The molecule has 2 rings (SSSR count). The highest BCUT2D eigenvalue weighted by atomic mass is 16.1. The van der Waals surface area contributed by atoms with Crippen LogP contribution in [0, 0.1) is 5.92 Å². The Morgan fingerprint density at radius 1 is 1.17 bits per heavy atom. The van der Waals surface area contributed by atoms with Gasteiger partial charge in [-0.2, -0.15) is 5.10 Å². The molecule has 0 saturated heterocycles. The SMILES string of the molecule is CC(C)CCCC(C)NC(=O)Cc1n[nH]c(=O)c2ccccc12. The average Bonchev–Trinajstić information content (AvgIpc) is 2.50. The third-order valence-electron chi connectivity index (χ3n) is 3.93. The lowest BCUT2D eigenvalue weighted by molar-refractivity contribution is -0.121. The van der Waals surface area contributed by atoms with Gasteiger partial charge >= 0.3 is 0 Å². The van der Waals surface area contributed by atoms with Crippen LogP contribution in [0.4, 0.5) is 0 Å². The van der Waals surface area contributed by atoms with E-state index in [0.717, 1.165) is 18.2 Å². The Balaban J connectivity index is 1.98. The number of fused-ring (bicyclic) bond motifs is 1. The third kappa shape index (κ3) is 4.91. The summed E-state index contributed by atoms with van der Waals surface area (Å²) < 4.78 is 0. The Morgan fingerprint density at radius 2 is 1.87 bits per heavy atom. The standard InChI is InChI=1S/C18H25N3O2/c1-12(2)7-6-8-13(3)19-17(22)11-16-14-9-4-5-10-15(14)18(23)21-20-16/h4-5,9-10,12-13H,6-8,11H2,1-3H3,(H,19,22)(H,21,23). The molecule has 2 N–H and O–H groups in total. The summed E-state index contributed by atoms with van der Waals surface area (Å²) in [5, 5.41) is 10.8. The van der Waals surface area contributed by atoms with Gasteiger partial charge < -0.3 is 5.32 Å². The number of rotatable bonds is 7. The van der Waals surface area contributed by atoms with Crippen molar-refractivity contribution in [2.24, 2.45) is 5.92 Å². The molecule has 124 valence electrons. The minimum atomic E-state index is -0.230. The maximum atomic E-state index is 12.2. The quantitative estimate of drug-likeness (QED) is 0.825.